The van der Waals surface area contributed by atoms with Crippen molar-refractivity contribution in [1.29, 1.82) is 0 Å². The molecule has 1 aliphatic carbocycles. The van der Waals surface area contributed by atoms with Crippen LogP contribution < -0.4 is 10.2 Å². The molecular formula is C30H31ClN6O2S. The third-order valence-electron chi connectivity index (χ3n) is 7.39. The van der Waals surface area contributed by atoms with Crippen molar-refractivity contribution < 1.29 is 9.53 Å². The number of carbonyl (C=O) groups is 1. The number of nitrogens with zero attached hydrogens (tertiary/aromatic N) is 5. The molecule has 40 heavy (non-hydrogen) atoms. The molecule has 2 aliphatic rings. The highest BCUT2D eigenvalue weighted by Crippen LogP contribution is 2.49. The first-order valence-electron chi connectivity index (χ1n) is 13.3. The number of fused-ring (bicyclic) bond motifs is 2. The maximum atomic E-state index is 12.4. The minimum atomic E-state index is -0.527. The van der Waals surface area contributed by atoms with Crippen molar-refractivity contribution in [2.75, 3.05) is 24.2 Å². The lowest BCUT2D eigenvalue weighted by molar-refractivity contribution is 0.0518. The van der Waals surface area contributed by atoms with Crippen molar-refractivity contribution in [2.45, 2.75) is 44.5 Å². The highest BCUT2D eigenvalue weighted by molar-refractivity contribution is 7.98. The second-order valence-electron chi connectivity index (χ2n) is 11.4. The fourth-order valence-corrected chi connectivity index (χ4v) is 6.10. The van der Waals surface area contributed by atoms with Crippen molar-refractivity contribution in [2.24, 2.45) is 11.8 Å². The van der Waals surface area contributed by atoms with Crippen LogP contribution in [0.5, 0.6) is 0 Å². The highest BCUT2D eigenvalue weighted by Gasteiger charge is 2.57. The first-order chi connectivity index (χ1) is 19.1. The summed E-state index contributed by atoms with van der Waals surface area (Å²) >= 11 is 8.42. The third kappa shape index (κ3) is 5.20. The number of piperidine rings is 1. The molecule has 1 aliphatic heterocycles. The fraction of sp³-hybridized carbons (Fsp3) is 0.367. The Morgan fingerprint density at radius 1 is 1.07 bits per heavy atom. The number of ether oxygens (including phenoxy) is 1. The van der Waals surface area contributed by atoms with Crippen LogP contribution in [0.2, 0.25) is 5.02 Å². The number of nitrogens with one attached hydrogen (secondary N) is 1. The molecule has 1 N–H and O–H groups in total. The number of aromatic nitrogens is 4. The van der Waals surface area contributed by atoms with Crippen molar-refractivity contribution >= 4 is 46.3 Å². The number of hydrogen-bond acceptors (Lipinski definition) is 8. The number of amides is 1. The van der Waals surface area contributed by atoms with Crippen LogP contribution in [0.3, 0.4) is 0 Å². The van der Waals surface area contributed by atoms with Crippen LogP contribution in [0.1, 0.15) is 26.5 Å². The van der Waals surface area contributed by atoms with Crippen molar-refractivity contribution in [3.8, 4) is 22.3 Å². The standard InChI is InChI=1S/C30H31ClN6O2S/c1-16-9-10-17(12-32-16)19-7-6-8-23(31)24(19)20-11-18-13-33-28(40-5)36-26(18)35-27(20)37-14-21-22(15-37)25(21)34-29(38)39-30(2,3)4/h6-13,21-22,25H,14-15H2,1-5H3,(H,34,38). The monoisotopic (exact) mass is 574 g/mol. The Bertz CT molecular complexity index is 1590. The molecule has 2 atom stereocenters. The second kappa shape index (κ2) is 10.2. The first-order valence-corrected chi connectivity index (χ1v) is 14.9. The van der Waals surface area contributed by atoms with Crippen LogP contribution in [0.25, 0.3) is 33.3 Å². The van der Waals surface area contributed by atoms with Gasteiger partial charge in [0.15, 0.2) is 10.8 Å². The molecule has 3 aromatic heterocycles. The topological polar surface area (TPSA) is 93.1 Å². The van der Waals surface area contributed by atoms with Crippen LogP contribution in [-0.2, 0) is 4.74 Å². The number of halogens is 1. The molecule has 2 fully saturated rings. The van der Waals surface area contributed by atoms with Gasteiger partial charge in [0.25, 0.3) is 0 Å². The van der Waals surface area contributed by atoms with Crippen molar-refractivity contribution in [3.05, 3.63) is 59.5 Å². The Labute approximate surface area is 242 Å². The smallest absolute Gasteiger partial charge is 0.407 e. The average molecular weight is 575 g/mol. The summed E-state index contributed by atoms with van der Waals surface area (Å²) in [4.78, 5) is 33.5. The summed E-state index contributed by atoms with van der Waals surface area (Å²) in [6, 6.07) is 12.2. The summed E-state index contributed by atoms with van der Waals surface area (Å²) in [5.41, 5.74) is 4.86. The van der Waals surface area contributed by atoms with E-state index in [2.05, 4.69) is 43.4 Å². The van der Waals surface area contributed by atoms with Gasteiger partial charge in [-0.2, -0.15) is 0 Å². The molecule has 1 saturated heterocycles. The van der Waals surface area contributed by atoms with Crippen LogP contribution >= 0.6 is 23.4 Å². The highest BCUT2D eigenvalue weighted by atomic mass is 35.5. The molecule has 1 amide bonds. The molecule has 2 unspecified atom stereocenters. The number of hydrogen-bond donors (Lipinski definition) is 1. The summed E-state index contributed by atoms with van der Waals surface area (Å²) < 4.78 is 5.48. The van der Waals surface area contributed by atoms with Gasteiger partial charge in [0, 0.05) is 76.2 Å². The fourth-order valence-electron chi connectivity index (χ4n) is 5.48. The van der Waals surface area contributed by atoms with Crippen LogP contribution in [0.15, 0.2) is 53.9 Å². The molecule has 0 radical (unpaired) electrons. The summed E-state index contributed by atoms with van der Waals surface area (Å²) in [5.74, 6) is 1.49. The predicted octanol–water partition coefficient (Wildman–Crippen LogP) is 6.40. The Balaban J connectivity index is 1.39. The molecule has 8 nitrogen and oxygen atoms in total. The molecule has 0 bridgehead atoms. The molecule has 206 valence electrons. The summed E-state index contributed by atoms with van der Waals surface area (Å²) in [6.07, 6.45) is 5.29. The number of thioether (sulfide) groups is 1. The molecule has 4 aromatic rings. The minimum Gasteiger partial charge on any atom is -0.444 e. The van der Waals surface area contributed by atoms with E-state index in [1.165, 1.54) is 11.8 Å². The van der Waals surface area contributed by atoms with E-state index >= 15 is 0 Å². The van der Waals surface area contributed by atoms with E-state index in [1.807, 2.05) is 64.5 Å². The van der Waals surface area contributed by atoms with Gasteiger partial charge in [-0.15, -0.1) is 0 Å². The number of aryl methyl sites for hydroxylation is 1. The van der Waals surface area contributed by atoms with E-state index in [1.54, 1.807) is 0 Å². The van der Waals surface area contributed by atoms with E-state index in [4.69, 9.17) is 21.3 Å². The summed E-state index contributed by atoms with van der Waals surface area (Å²) in [6.45, 7) is 9.12. The van der Waals surface area contributed by atoms with Gasteiger partial charge in [-0.25, -0.2) is 19.7 Å². The molecule has 10 heteroatoms. The number of alkyl carbamates (subject to hydrolysis) is 1. The van der Waals surface area contributed by atoms with Crippen LogP contribution in [0, 0.1) is 18.8 Å². The molecule has 1 aromatic carbocycles. The normalized spacial score (nSPS) is 19.9. The zero-order valence-corrected chi connectivity index (χ0v) is 24.7. The van der Waals surface area contributed by atoms with E-state index in [0.29, 0.717) is 27.7 Å². The van der Waals surface area contributed by atoms with Crippen LogP contribution in [0.4, 0.5) is 10.6 Å². The Kier molecular flexibility index (Phi) is 6.82. The lowest BCUT2D eigenvalue weighted by atomic mass is 9.94. The minimum absolute atomic E-state index is 0.106. The summed E-state index contributed by atoms with van der Waals surface area (Å²) in [5, 5.41) is 5.22. The zero-order chi connectivity index (χ0) is 28.2. The SMILES string of the molecule is CSc1ncc2cc(-c3c(Cl)cccc3-c3ccc(C)nc3)c(N3CC4C(C3)C4NC(=O)OC(C)(C)C)nc2n1. The lowest BCUT2D eigenvalue weighted by Gasteiger charge is -2.26. The largest absolute Gasteiger partial charge is 0.444 e. The van der Waals surface area contributed by atoms with Gasteiger partial charge >= 0.3 is 6.09 Å². The molecule has 6 rings (SSSR count). The Morgan fingerprint density at radius 3 is 2.52 bits per heavy atom. The van der Waals surface area contributed by atoms with E-state index in [9.17, 15) is 4.79 Å². The van der Waals surface area contributed by atoms with Crippen molar-refractivity contribution in [3.63, 3.8) is 0 Å². The van der Waals surface area contributed by atoms with Gasteiger partial charge in [-0.3, -0.25) is 4.98 Å². The number of carbonyl (C=O) groups excluding carboxylic acids is 1. The van der Waals surface area contributed by atoms with Gasteiger partial charge < -0.3 is 15.0 Å². The van der Waals surface area contributed by atoms with Gasteiger partial charge in [-0.05, 0) is 57.7 Å². The second-order valence-corrected chi connectivity index (χ2v) is 12.6. The maximum absolute atomic E-state index is 12.4. The lowest BCUT2D eigenvalue weighted by Crippen LogP contribution is -2.38. The van der Waals surface area contributed by atoms with E-state index in [-0.39, 0.29) is 12.1 Å². The number of anilines is 1. The molecule has 4 heterocycles. The Hall–Kier alpha value is -3.43. The van der Waals surface area contributed by atoms with Gasteiger partial charge in [0.2, 0.25) is 0 Å². The van der Waals surface area contributed by atoms with Gasteiger partial charge in [0.1, 0.15) is 11.4 Å². The number of pyridine rings is 2. The number of benzene rings is 1. The average Bonchev–Trinajstić information content (AvgIpc) is 3.33. The van der Waals surface area contributed by atoms with Crippen molar-refractivity contribution in [1.82, 2.24) is 25.3 Å². The molecular weight excluding hydrogens is 544 g/mol. The third-order valence-corrected chi connectivity index (χ3v) is 8.27. The molecule has 1 saturated carbocycles. The summed E-state index contributed by atoms with van der Waals surface area (Å²) in [7, 11) is 0. The first kappa shape index (κ1) is 26.8. The van der Waals surface area contributed by atoms with E-state index < -0.39 is 5.60 Å². The number of rotatable bonds is 5. The molecule has 0 spiro atoms. The van der Waals surface area contributed by atoms with Gasteiger partial charge in [-0.1, -0.05) is 41.6 Å². The quantitative estimate of drug-likeness (QED) is 0.216. The zero-order valence-electron chi connectivity index (χ0n) is 23.1. The predicted molar refractivity (Wildman–Crippen MR) is 160 cm³/mol. The van der Waals surface area contributed by atoms with Crippen LogP contribution in [-0.4, -0.2) is 57.0 Å². The van der Waals surface area contributed by atoms with E-state index in [0.717, 1.165) is 52.2 Å². The maximum Gasteiger partial charge on any atom is 0.407 e. The van der Waals surface area contributed by atoms with Gasteiger partial charge in [0.05, 0.1) is 0 Å². The Morgan fingerprint density at radius 2 is 1.85 bits per heavy atom.